The first kappa shape index (κ1) is 12.3. The fourth-order valence-corrected chi connectivity index (χ4v) is 2.17. The molecule has 0 atom stereocenters. The molecule has 2 N–H and O–H groups in total. The molecule has 1 aromatic rings. The van der Waals surface area contributed by atoms with E-state index in [2.05, 4.69) is 36.9 Å². The third-order valence-corrected chi connectivity index (χ3v) is 3.02. The zero-order chi connectivity index (χ0) is 12.3. The Kier molecular flexibility index (Phi) is 3.96. The monoisotopic (exact) mass is 298 g/mol. The van der Waals surface area contributed by atoms with Crippen LogP contribution in [0.25, 0.3) is 0 Å². The van der Waals surface area contributed by atoms with Gasteiger partial charge in [-0.05, 0) is 27.9 Å². The third-order valence-electron chi connectivity index (χ3n) is 2.62. The molecular formula is C11H15BrN4O. The quantitative estimate of drug-likeness (QED) is 0.678. The number of aromatic nitrogens is 2. The number of nitrogens with zero attached hydrogens (tertiary/aromatic N) is 3. The van der Waals surface area contributed by atoms with Crippen LogP contribution in [0.5, 0.6) is 0 Å². The molecule has 0 saturated carbocycles. The largest absolute Gasteiger partial charge is 0.383 e. The fraction of sp³-hybridized carbons (Fsp3) is 0.455. The molecule has 2 heterocycles. The van der Waals surface area contributed by atoms with Crippen LogP contribution in [-0.4, -0.2) is 36.8 Å². The van der Waals surface area contributed by atoms with E-state index in [4.69, 9.17) is 10.5 Å². The summed E-state index contributed by atoms with van der Waals surface area (Å²) in [5.74, 6) is 1.15. The standard InChI is InChI=1S/C11H15BrN4O/c1-17-7-8-2-4-16(5-3-8)11-14-9(12)6-10(13)15-11/h2,6H,3-5,7H2,1H3,(H2,13,14,15). The number of halogens is 1. The van der Waals surface area contributed by atoms with Gasteiger partial charge in [0.2, 0.25) is 5.95 Å². The van der Waals surface area contributed by atoms with E-state index in [1.165, 1.54) is 5.57 Å². The first-order valence-electron chi connectivity index (χ1n) is 5.41. The molecule has 0 saturated heterocycles. The van der Waals surface area contributed by atoms with Gasteiger partial charge >= 0.3 is 0 Å². The first-order valence-corrected chi connectivity index (χ1v) is 6.20. The molecule has 1 aliphatic rings. The number of hydrogen-bond donors (Lipinski definition) is 1. The van der Waals surface area contributed by atoms with Crippen molar-refractivity contribution in [2.24, 2.45) is 0 Å². The number of nitrogen functional groups attached to an aromatic ring is 1. The molecule has 17 heavy (non-hydrogen) atoms. The molecule has 0 radical (unpaired) electrons. The Hall–Kier alpha value is -1.14. The van der Waals surface area contributed by atoms with Crippen LogP contribution in [0.1, 0.15) is 6.42 Å². The maximum atomic E-state index is 5.70. The van der Waals surface area contributed by atoms with E-state index in [0.717, 1.165) is 19.5 Å². The average molecular weight is 299 g/mol. The molecule has 0 amide bonds. The minimum absolute atomic E-state index is 0.480. The lowest BCUT2D eigenvalue weighted by molar-refractivity contribution is 0.222. The van der Waals surface area contributed by atoms with E-state index < -0.39 is 0 Å². The second kappa shape index (κ2) is 5.46. The molecule has 0 unspecified atom stereocenters. The van der Waals surface area contributed by atoms with Crippen molar-refractivity contribution >= 4 is 27.7 Å². The Balaban J connectivity index is 2.10. The summed E-state index contributed by atoms with van der Waals surface area (Å²) in [5.41, 5.74) is 7.02. The number of nitrogens with two attached hydrogens (primary N) is 1. The summed E-state index contributed by atoms with van der Waals surface area (Å²) in [4.78, 5) is 10.6. The summed E-state index contributed by atoms with van der Waals surface area (Å²) in [7, 11) is 1.71. The van der Waals surface area contributed by atoms with E-state index >= 15 is 0 Å². The van der Waals surface area contributed by atoms with Crippen molar-refractivity contribution in [1.82, 2.24) is 9.97 Å². The molecule has 92 valence electrons. The number of rotatable bonds is 3. The van der Waals surface area contributed by atoms with Crippen molar-refractivity contribution in [1.29, 1.82) is 0 Å². The maximum Gasteiger partial charge on any atom is 0.228 e. The van der Waals surface area contributed by atoms with E-state index in [0.29, 0.717) is 23.0 Å². The topological polar surface area (TPSA) is 64.3 Å². The van der Waals surface area contributed by atoms with Crippen molar-refractivity contribution in [3.05, 3.63) is 22.3 Å². The van der Waals surface area contributed by atoms with Gasteiger partial charge < -0.3 is 15.4 Å². The van der Waals surface area contributed by atoms with Gasteiger partial charge in [-0.2, -0.15) is 4.98 Å². The lowest BCUT2D eigenvalue weighted by Gasteiger charge is -2.26. The molecule has 5 nitrogen and oxygen atoms in total. The van der Waals surface area contributed by atoms with Crippen molar-refractivity contribution in [3.8, 4) is 0 Å². The van der Waals surface area contributed by atoms with Crippen LogP contribution < -0.4 is 10.6 Å². The number of anilines is 2. The van der Waals surface area contributed by atoms with Gasteiger partial charge in [-0.1, -0.05) is 6.08 Å². The zero-order valence-electron chi connectivity index (χ0n) is 9.69. The average Bonchev–Trinajstić information content (AvgIpc) is 2.29. The van der Waals surface area contributed by atoms with E-state index in [1.54, 1.807) is 13.2 Å². The van der Waals surface area contributed by atoms with Crippen LogP contribution in [0, 0.1) is 0 Å². The van der Waals surface area contributed by atoms with Crippen LogP contribution >= 0.6 is 15.9 Å². The van der Waals surface area contributed by atoms with Crippen molar-refractivity contribution in [2.45, 2.75) is 6.42 Å². The second-order valence-corrected chi connectivity index (χ2v) is 4.72. The summed E-state index contributed by atoms with van der Waals surface area (Å²) in [6.07, 6.45) is 3.14. The molecule has 0 fully saturated rings. The van der Waals surface area contributed by atoms with Gasteiger partial charge in [0.25, 0.3) is 0 Å². The Morgan fingerprint density at radius 3 is 2.94 bits per heavy atom. The zero-order valence-corrected chi connectivity index (χ0v) is 11.3. The fourth-order valence-electron chi connectivity index (χ4n) is 1.77. The van der Waals surface area contributed by atoms with Gasteiger partial charge in [0.15, 0.2) is 0 Å². The molecule has 0 aromatic carbocycles. The van der Waals surface area contributed by atoms with Crippen molar-refractivity contribution in [3.63, 3.8) is 0 Å². The number of hydrogen-bond acceptors (Lipinski definition) is 5. The van der Waals surface area contributed by atoms with Crippen LogP contribution in [0.2, 0.25) is 0 Å². The highest BCUT2D eigenvalue weighted by atomic mass is 79.9. The van der Waals surface area contributed by atoms with Crippen molar-refractivity contribution in [2.75, 3.05) is 37.4 Å². The lowest BCUT2D eigenvalue weighted by atomic mass is 10.1. The molecule has 1 aromatic heterocycles. The molecule has 1 aliphatic heterocycles. The summed E-state index contributed by atoms with van der Waals surface area (Å²) >= 11 is 3.32. The van der Waals surface area contributed by atoms with Gasteiger partial charge in [-0.15, -0.1) is 0 Å². The minimum Gasteiger partial charge on any atom is -0.383 e. The Morgan fingerprint density at radius 1 is 1.53 bits per heavy atom. The van der Waals surface area contributed by atoms with Gasteiger partial charge in [0.1, 0.15) is 10.4 Å². The van der Waals surface area contributed by atoms with E-state index in [9.17, 15) is 0 Å². The third kappa shape index (κ3) is 3.17. The smallest absolute Gasteiger partial charge is 0.228 e. The van der Waals surface area contributed by atoms with Crippen LogP contribution in [-0.2, 0) is 4.74 Å². The summed E-state index contributed by atoms with van der Waals surface area (Å²) in [6.45, 7) is 2.40. The lowest BCUT2D eigenvalue weighted by Crippen LogP contribution is -2.31. The summed E-state index contributed by atoms with van der Waals surface area (Å²) in [5, 5.41) is 0. The molecule has 6 heteroatoms. The van der Waals surface area contributed by atoms with Crippen LogP contribution in [0.15, 0.2) is 22.3 Å². The highest BCUT2D eigenvalue weighted by molar-refractivity contribution is 9.10. The van der Waals surface area contributed by atoms with Gasteiger partial charge in [0, 0.05) is 26.3 Å². The minimum atomic E-state index is 0.480. The molecule has 0 aliphatic carbocycles. The maximum absolute atomic E-state index is 5.70. The van der Waals surface area contributed by atoms with Gasteiger partial charge in [0.05, 0.1) is 6.61 Å². The molecule has 0 spiro atoms. The Morgan fingerprint density at radius 2 is 2.35 bits per heavy atom. The molecule has 0 bridgehead atoms. The molecule has 2 rings (SSSR count). The Bertz CT molecular complexity index is 415. The van der Waals surface area contributed by atoms with Gasteiger partial charge in [-0.3, -0.25) is 0 Å². The molecular weight excluding hydrogens is 284 g/mol. The number of methoxy groups -OCH3 is 1. The summed E-state index contributed by atoms with van der Waals surface area (Å²) < 4.78 is 5.83. The summed E-state index contributed by atoms with van der Waals surface area (Å²) in [6, 6.07) is 1.69. The first-order chi connectivity index (χ1) is 8.19. The normalized spacial score (nSPS) is 15.9. The van der Waals surface area contributed by atoms with Crippen LogP contribution in [0.3, 0.4) is 0 Å². The SMILES string of the molecule is COCC1=CCN(c2nc(N)cc(Br)n2)CC1. The van der Waals surface area contributed by atoms with E-state index in [1.807, 2.05) is 0 Å². The van der Waals surface area contributed by atoms with E-state index in [-0.39, 0.29) is 0 Å². The predicted octanol–water partition coefficient (Wildman–Crippen LogP) is 1.60. The highest BCUT2D eigenvalue weighted by Crippen LogP contribution is 2.19. The van der Waals surface area contributed by atoms with Crippen molar-refractivity contribution < 1.29 is 4.74 Å². The van der Waals surface area contributed by atoms with Crippen LogP contribution in [0.4, 0.5) is 11.8 Å². The predicted molar refractivity (Wildman–Crippen MR) is 70.9 cm³/mol. The number of ether oxygens (including phenoxy) is 1. The van der Waals surface area contributed by atoms with Gasteiger partial charge in [-0.25, -0.2) is 4.98 Å². The highest BCUT2D eigenvalue weighted by Gasteiger charge is 2.15. The second-order valence-electron chi connectivity index (χ2n) is 3.91. The Labute approximate surface area is 109 Å².